The molecule has 2 heterocycles. The molecule has 0 bridgehead atoms. The van der Waals surface area contributed by atoms with E-state index in [9.17, 15) is 13.6 Å². The van der Waals surface area contributed by atoms with E-state index in [0.717, 1.165) is 16.7 Å². The first-order chi connectivity index (χ1) is 15.6. The SMILES string of the molecule is O=c1c2c(-c3ccc(F)cc3)csc2nc(Cc2ccccc2)n1Cc1cccc(F)c1. The second-order valence-electron chi connectivity index (χ2n) is 7.55. The summed E-state index contributed by atoms with van der Waals surface area (Å²) in [6.45, 7) is 0.209. The van der Waals surface area contributed by atoms with Crippen molar-refractivity contribution >= 4 is 21.6 Å². The fourth-order valence-electron chi connectivity index (χ4n) is 3.80. The maximum Gasteiger partial charge on any atom is 0.263 e. The highest BCUT2D eigenvalue weighted by Gasteiger charge is 2.18. The lowest BCUT2D eigenvalue weighted by molar-refractivity contribution is 0.620. The zero-order valence-electron chi connectivity index (χ0n) is 17.0. The van der Waals surface area contributed by atoms with Crippen LogP contribution < -0.4 is 5.56 Å². The van der Waals surface area contributed by atoms with Gasteiger partial charge in [0.25, 0.3) is 5.56 Å². The summed E-state index contributed by atoms with van der Waals surface area (Å²) < 4.78 is 28.8. The minimum Gasteiger partial charge on any atom is -0.291 e. The summed E-state index contributed by atoms with van der Waals surface area (Å²) in [7, 11) is 0. The van der Waals surface area contributed by atoms with Crippen LogP contribution in [0, 0.1) is 11.6 Å². The van der Waals surface area contributed by atoms with Gasteiger partial charge in [-0.3, -0.25) is 9.36 Å². The summed E-state index contributed by atoms with van der Waals surface area (Å²) >= 11 is 1.39. The molecular formula is C26H18F2N2OS. The molecule has 0 atom stereocenters. The molecule has 0 saturated heterocycles. The van der Waals surface area contributed by atoms with Crippen LogP contribution in [-0.2, 0) is 13.0 Å². The largest absolute Gasteiger partial charge is 0.291 e. The first-order valence-corrected chi connectivity index (χ1v) is 11.0. The van der Waals surface area contributed by atoms with Crippen molar-refractivity contribution in [2.24, 2.45) is 0 Å². The Balaban J connectivity index is 1.69. The lowest BCUT2D eigenvalue weighted by atomic mass is 10.1. The maximum atomic E-state index is 13.8. The number of benzene rings is 3. The second kappa shape index (κ2) is 8.48. The molecule has 5 rings (SSSR count). The highest BCUT2D eigenvalue weighted by molar-refractivity contribution is 7.17. The van der Waals surface area contributed by atoms with Gasteiger partial charge < -0.3 is 0 Å². The zero-order chi connectivity index (χ0) is 22.1. The molecular weight excluding hydrogens is 426 g/mol. The number of thiophene rings is 1. The molecule has 32 heavy (non-hydrogen) atoms. The Morgan fingerprint density at radius 1 is 0.844 bits per heavy atom. The third-order valence-corrected chi connectivity index (χ3v) is 6.24. The Hall–Kier alpha value is -3.64. The molecule has 0 aliphatic carbocycles. The van der Waals surface area contributed by atoms with Crippen LogP contribution >= 0.6 is 11.3 Å². The van der Waals surface area contributed by atoms with Crippen molar-refractivity contribution in [3.05, 3.63) is 123 Å². The Bertz CT molecular complexity index is 1460. The van der Waals surface area contributed by atoms with E-state index in [1.54, 1.807) is 28.8 Å². The van der Waals surface area contributed by atoms with Gasteiger partial charge in [-0.15, -0.1) is 11.3 Å². The van der Waals surface area contributed by atoms with Crippen molar-refractivity contribution in [3.8, 4) is 11.1 Å². The Morgan fingerprint density at radius 3 is 2.34 bits per heavy atom. The monoisotopic (exact) mass is 444 g/mol. The van der Waals surface area contributed by atoms with Gasteiger partial charge in [0.1, 0.15) is 22.3 Å². The van der Waals surface area contributed by atoms with Crippen molar-refractivity contribution in [2.75, 3.05) is 0 Å². The van der Waals surface area contributed by atoms with Crippen LogP contribution in [0.3, 0.4) is 0 Å². The molecule has 0 saturated carbocycles. The van der Waals surface area contributed by atoms with Gasteiger partial charge in [-0.2, -0.15) is 0 Å². The van der Waals surface area contributed by atoms with Gasteiger partial charge in [-0.25, -0.2) is 13.8 Å². The summed E-state index contributed by atoms with van der Waals surface area (Å²) in [5, 5.41) is 2.38. The van der Waals surface area contributed by atoms with Crippen LogP contribution in [0.25, 0.3) is 21.3 Å². The average molecular weight is 445 g/mol. The van der Waals surface area contributed by atoms with Crippen molar-refractivity contribution in [3.63, 3.8) is 0 Å². The van der Waals surface area contributed by atoms with Crippen LogP contribution in [0.5, 0.6) is 0 Å². The van der Waals surface area contributed by atoms with Gasteiger partial charge in [0, 0.05) is 17.4 Å². The second-order valence-corrected chi connectivity index (χ2v) is 8.41. The Morgan fingerprint density at radius 2 is 1.59 bits per heavy atom. The van der Waals surface area contributed by atoms with Gasteiger partial charge in [0.15, 0.2) is 0 Å². The molecule has 0 unspecified atom stereocenters. The number of rotatable bonds is 5. The zero-order valence-corrected chi connectivity index (χ0v) is 17.8. The molecule has 0 N–H and O–H groups in total. The third-order valence-electron chi connectivity index (χ3n) is 5.36. The van der Waals surface area contributed by atoms with E-state index in [0.29, 0.717) is 28.0 Å². The molecule has 0 spiro atoms. The van der Waals surface area contributed by atoms with E-state index in [2.05, 4.69) is 0 Å². The van der Waals surface area contributed by atoms with Crippen LogP contribution in [0.15, 0.2) is 89.0 Å². The number of fused-ring (bicyclic) bond motifs is 1. The van der Waals surface area contributed by atoms with E-state index < -0.39 is 0 Å². The van der Waals surface area contributed by atoms with Crippen molar-refractivity contribution in [2.45, 2.75) is 13.0 Å². The summed E-state index contributed by atoms with van der Waals surface area (Å²) in [5.74, 6) is -0.0673. The smallest absolute Gasteiger partial charge is 0.263 e. The number of halogens is 2. The van der Waals surface area contributed by atoms with Gasteiger partial charge in [-0.1, -0.05) is 54.6 Å². The van der Waals surface area contributed by atoms with Gasteiger partial charge in [0.2, 0.25) is 0 Å². The Kier molecular flexibility index (Phi) is 5.37. The molecule has 0 amide bonds. The van der Waals surface area contributed by atoms with E-state index in [1.165, 1.54) is 35.6 Å². The van der Waals surface area contributed by atoms with Crippen molar-refractivity contribution in [1.82, 2.24) is 9.55 Å². The normalized spacial score (nSPS) is 11.2. The van der Waals surface area contributed by atoms with Crippen LogP contribution in [0.2, 0.25) is 0 Å². The first kappa shape index (κ1) is 20.3. The molecule has 0 radical (unpaired) electrons. The lowest BCUT2D eigenvalue weighted by Crippen LogP contribution is -2.26. The summed E-state index contributed by atoms with van der Waals surface area (Å²) in [5.41, 5.74) is 3.00. The third kappa shape index (κ3) is 3.97. The number of hydrogen-bond acceptors (Lipinski definition) is 3. The minimum absolute atomic E-state index is 0.189. The van der Waals surface area contributed by atoms with Crippen LogP contribution in [-0.4, -0.2) is 9.55 Å². The van der Waals surface area contributed by atoms with Crippen LogP contribution in [0.1, 0.15) is 17.0 Å². The average Bonchev–Trinajstić information content (AvgIpc) is 3.22. The van der Waals surface area contributed by atoms with Crippen molar-refractivity contribution in [1.29, 1.82) is 0 Å². The van der Waals surface area contributed by atoms with E-state index >= 15 is 0 Å². The predicted octanol–water partition coefficient (Wildman–Crippen LogP) is 6.04. The molecule has 0 fully saturated rings. The predicted molar refractivity (Wildman–Crippen MR) is 124 cm³/mol. The van der Waals surface area contributed by atoms with E-state index in [1.807, 2.05) is 35.7 Å². The highest BCUT2D eigenvalue weighted by atomic mass is 32.1. The number of aromatic nitrogens is 2. The topological polar surface area (TPSA) is 34.9 Å². The molecule has 3 nitrogen and oxygen atoms in total. The van der Waals surface area contributed by atoms with Gasteiger partial charge in [0.05, 0.1) is 11.9 Å². The Labute approximate surface area is 187 Å². The molecule has 5 aromatic rings. The fraction of sp³-hybridized carbons (Fsp3) is 0.0769. The summed E-state index contributed by atoms with van der Waals surface area (Å²) in [4.78, 5) is 19.2. The molecule has 2 aromatic heterocycles. The van der Waals surface area contributed by atoms with Gasteiger partial charge >= 0.3 is 0 Å². The minimum atomic E-state index is -0.350. The quantitative estimate of drug-likeness (QED) is 0.331. The fourth-order valence-corrected chi connectivity index (χ4v) is 4.76. The standard InChI is InChI=1S/C26H18F2N2OS/c27-20-11-9-19(10-12-20)22-16-32-25-24(22)26(31)30(15-18-7-4-8-21(28)13-18)23(29-25)14-17-5-2-1-3-6-17/h1-13,16H,14-15H2. The molecule has 158 valence electrons. The lowest BCUT2D eigenvalue weighted by Gasteiger charge is -2.13. The molecule has 3 aromatic carbocycles. The summed E-state index contributed by atoms with van der Waals surface area (Å²) in [6, 6.07) is 22.1. The summed E-state index contributed by atoms with van der Waals surface area (Å²) in [6.07, 6.45) is 0.477. The van der Waals surface area contributed by atoms with Crippen molar-refractivity contribution < 1.29 is 8.78 Å². The molecule has 0 aliphatic heterocycles. The van der Waals surface area contributed by atoms with Crippen LogP contribution in [0.4, 0.5) is 8.78 Å². The molecule has 0 aliphatic rings. The van der Waals surface area contributed by atoms with E-state index in [-0.39, 0.29) is 23.7 Å². The number of nitrogens with zero attached hydrogens (tertiary/aromatic N) is 2. The first-order valence-electron chi connectivity index (χ1n) is 10.1. The van der Waals surface area contributed by atoms with Gasteiger partial charge in [-0.05, 0) is 41.0 Å². The number of hydrogen-bond donors (Lipinski definition) is 0. The highest BCUT2D eigenvalue weighted by Crippen LogP contribution is 2.31. The maximum absolute atomic E-state index is 13.8. The van der Waals surface area contributed by atoms with E-state index in [4.69, 9.17) is 4.98 Å². The molecule has 6 heteroatoms.